The zero-order valence-electron chi connectivity index (χ0n) is 16.9. The van der Waals surface area contributed by atoms with Gasteiger partial charge in [0.15, 0.2) is 0 Å². The normalized spacial score (nSPS) is 20.0. The van der Waals surface area contributed by atoms with Crippen LogP contribution in [0, 0.1) is 5.92 Å². The number of aromatic nitrogens is 3. The number of likely N-dealkylation sites (tertiary alicyclic amines) is 1. The summed E-state index contributed by atoms with van der Waals surface area (Å²) in [4.78, 5) is 35.3. The second-order valence-electron chi connectivity index (χ2n) is 8.15. The van der Waals surface area contributed by atoms with Gasteiger partial charge in [0.25, 0.3) is 5.56 Å². The molecule has 0 saturated carbocycles. The second-order valence-corrected chi connectivity index (χ2v) is 8.15. The van der Waals surface area contributed by atoms with Gasteiger partial charge in [0.05, 0.1) is 19.1 Å². The predicted octanol–water partition coefficient (Wildman–Crippen LogP) is 2.44. The Kier molecular flexibility index (Phi) is 4.65. The molecule has 1 aromatic carbocycles. The van der Waals surface area contributed by atoms with E-state index in [1.54, 1.807) is 19.5 Å². The van der Waals surface area contributed by atoms with Crippen LogP contribution < -0.4 is 10.3 Å². The molecule has 2 atom stereocenters. The van der Waals surface area contributed by atoms with Gasteiger partial charge >= 0.3 is 0 Å². The minimum absolute atomic E-state index is 0.00620. The van der Waals surface area contributed by atoms with E-state index in [1.165, 1.54) is 0 Å². The zero-order chi connectivity index (χ0) is 20.7. The number of nitrogens with zero attached hydrogens (tertiary/aromatic N) is 3. The van der Waals surface area contributed by atoms with Crippen LogP contribution in [0.5, 0.6) is 5.75 Å². The molecule has 0 spiro atoms. The fourth-order valence-electron chi connectivity index (χ4n) is 4.81. The third-order valence-electron chi connectivity index (χ3n) is 6.20. The summed E-state index contributed by atoms with van der Waals surface area (Å²) in [6.07, 6.45) is 4.75. The van der Waals surface area contributed by atoms with E-state index >= 15 is 0 Å². The highest BCUT2D eigenvalue weighted by Crippen LogP contribution is 2.35. The maximum atomic E-state index is 13.1. The molecule has 3 aromatic rings. The fourth-order valence-corrected chi connectivity index (χ4v) is 4.81. The second kappa shape index (κ2) is 7.48. The van der Waals surface area contributed by atoms with Crippen LogP contribution in [-0.2, 0) is 17.8 Å². The SMILES string of the molecule is COc1cccc(CC(=O)N2C[C@@H]3C[C@H](C2)c2ccc(-c4ncc[nH]4)c(=O)n2C3)c1. The number of piperidine rings is 1. The minimum atomic E-state index is -0.00620. The minimum Gasteiger partial charge on any atom is -0.497 e. The summed E-state index contributed by atoms with van der Waals surface area (Å²) in [6.45, 7) is 1.98. The number of hydrogen-bond acceptors (Lipinski definition) is 4. The van der Waals surface area contributed by atoms with E-state index in [0.29, 0.717) is 37.4 Å². The summed E-state index contributed by atoms with van der Waals surface area (Å²) >= 11 is 0. The van der Waals surface area contributed by atoms with Gasteiger partial charge in [-0.3, -0.25) is 9.59 Å². The standard InChI is InChI=1S/C23H24N4O3/c1-30-18-4-2-3-15(10-18)11-21(28)26-12-16-9-17(14-26)20-6-5-19(22-24-7-8-25-22)23(29)27(20)13-16/h2-8,10,16-17H,9,11-14H2,1H3,(H,24,25)/t16-,17+/m0/s1. The molecule has 2 bridgehead atoms. The molecule has 2 aliphatic heterocycles. The van der Waals surface area contributed by atoms with Gasteiger partial charge in [-0.1, -0.05) is 12.1 Å². The Morgan fingerprint density at radius 2 is 2.13 bits per heavy atom. The molecule has 154 valence electrons. The van der Waals surface area contributed by atoms with Crippen molar-refractivity contribution in [3.8, 4) is 17.1 Å². The lowest BCUT2D eigenvalue weighted by molar-refractivity contribution is -0.133. The number of hydrogen-bond donors (Lipinski definition) is 1. The summed E-state index contributed by atoms with van der Waals surface area (Å²) in [5.41, 5.74) is 2.56. The first-order valence-corrected chi connectivity index (χ1v) is 10.3. The van der Waals surface area contributed by atoms with Crippen molar-refractivity contribution in [2.45, 2.75) is 25.3 Å². The molecule has 7 heteroatoms. The Bertz CT molecular complexity index is 1140. The maximum Gasteiger partial charge on any atom is 0.261 e. The van der Waals surface area contributed by atoms with E-state index in [0.717, 1.165) is 23.4 Å². The third-order valence-corrected chi connectivity index (χ3v) is 6.20. The third kappa shape index (κ3) is 3.30. The highest BCUT2D eigenvalue weighted by Gasteiger charge is 2.36. The van der Waals surface area contributed by atoms with Crippen molar-refractivity contribution in [1.29, 1.82) is 0 Å². The number of rotatable bonds is 4. The Hall–Kier alpha value is -3.35. The molecule has 30 heavy (non-hydrogen) atoms. The average molecular weight is 404 g/mol. The molecule has 1 amide bonds. The lowest BCUT2D eigenvalue weighted by atomic mass is 9.82. The predicted molar refractivity (Wildman–Crippen MR) is 112 cm³/mol. The highest BCUT2D eigenvalue weighted by molar-refractivity contribution is 5.79. The van der Waals surface area contributed by atoms with Crippen molar-refractivity contribution < 1.29 is 9.53 Å². The van der Waals surface area contributed by atoms with Gasteiger partial charge < -0.3 is 19.2 Å². The van der Waals surface area contributed by atoms with Crippen molar-refractivity contribution >= 4 is 5.91 Å². The smallest absolute Gasteiger partial charge is 0.261 e. The first-order chi connectivity index (χ1) is 14.6. The number of fused-ring (bicyclic) bond motifs is 4. The molecule has 0 unspecified atom stereocenters. The number of H-pyrrole nitrogens is 1. The molecule has 2 aliphatic rings. The molecule has 7 nitrogen and oxygen atoms in total. The number of imidazole rings is 1. The van der Waals surface area contributed by atoms with E-state index in [9.17, 15) is 9.59 Å². The first-order valence-electron chi connectivity index (χ1n) is 10.3. The van der Waals surface area contributed by atoms with Gasteiger partial charge in [-0.2, -0.15) is 0 Å². The summed E-state index contributed by atoms with van der Waals surface area (Å²) < 4.78 is 7.15. The van der Waals surface area contributed by atoms with Crippen LogP contribution in [0.1, 0.15) is 23.6 Å². The van der Waals surface area contributed by atoms with Crippen LogP contribution in [0.2, 0.25) is 0 Å². The number of carbonyl (C=O) groups excluding carboxylic acids is 1. The summed E-state index contributed by atoms with van der Waals surface area (Å²) in [5.74, 6) is 1.96. The van der Waals surface area contributed by atoms with Gasteiger partial charge in [-0.15, -0.1) is 0 Å². The quantitative estimate of drug-likeness (QED) is 0.724. The molecule has 4 heterocycles. The van der Waals surface area contributed by atoms with Gasteiger partial charge in [0.1, 0.15) is 11.6 Å². The highest BCUT2D eigenvalue weighted by atomic mass is 16.5. The Labute approximate surface area is 174 Å². The Morgan fingerprint density at radius 3 is 2.93 bits per heavy atom. The molecule has 1 fully saturated rings. The summed E-state index contributed by atoms with van der Waals surface area (Å²) in [7, 11) is 1.63. The van der Waals surface area contributed by atoms with E-state index in [2.05, 4.69) is 9.97 Å². The van der Waals surface area contributed by atoms with Crippen LogP contribution in [0.25, 0.3) is 11.4 Å². The summed E-state index contributed by atoms with van der Waals surface area (Å²) in [6, 6.07) is 11.5. The van der Waals surface area contributed by atoms with E-state index in [1.807, 2.05) is 45.9 Å². The molecule has 1 saturated heterocycles. The lowest BCUT2D eigenvalue weighted by Crippen LogP contribution is -2.49. The average Bonchev–Trinajstić information content (AvgIpc) is 3.29. The molecule has 0 aliphatic carbocycles. The van der Waals surface area contributed by atoms with Crippen molar-refractivity contribution in [3.05, 3.63) is 70.4 Å². The van der Waals surface area contributed by atoms with Crippen LogP contribution in [0.4, 0.5) is 0 Å². The van der Waals surface area contributed by atoms with Gasteiger partial charge in [0.2, 0.25) is 5.91 Å². The first kappa shape index (κ1) is 18.7. The van der Waals surface area contributed by atoms with Crippen molar-refractivity contribution in [2.24, 2.45) is 5.92 Å². The van der Waals surface area contributed by atoms with Crippen molar-refractivity contribution in [2.75, 3.05) is 20.2 Å². The van der Waals surface area contributed by atoms with Crippen LogP contribution in [-0.4, -0.2) is 45.5 Å². The molecular formula is C23H24N4O3. The number of benzene rings is 1. The lowest BCUT2D eigenvalue weighted by Gasteiger charge is -2.43. The number of carbonyl (C=O) groups is 1. The van der Waals surface area contributed by atoms with E-state index < -0.39 is 0 Å². The zero-order valence-corrected chi connectivity index (χ0v) is 16.9. The fraction of sp³-hybridized carbons (Fsp3) is 0.348. The van der Waals surface area contributed by atoms with Gasteiger partial charge in [0, 0.05) is 43.6 Å². The Balaban J connectivity index is 1.37. The topological polar surface area (TPSA) is 80.2 Å². The Morgan fingerprint density at radius 1 is 1.23 bits per heavy atom. The number of aromatic amines is 1. The van der Waals surface area contributed by atoms with E-state index in [-0.39, 0.29) is 23.3 Å². The number of methoxy groups -OCH3 is 1. The van der Waals surface area contributed by atoms with E-state index in [4.69, 9.17) is 4.74 Å². The van der Waals surface area contributed by atoms with Crippen LogP contribution >= 0.6 is 0 Å². The number of pyridine rings is 1. The molecule has 1 N–H and O–H groups in total. The monoisotopic (exact) mass is 404 g/mol. The molecule has 0 radical (unpaired) electrons. The number of nitrogens with one attached hydrogen (secondary N) is 1. The van der Waals surface area contributed by atoms with Crippen LogP contribution in [0.3, 0.4) is 0 Å². The van der Waals surface area contributed by atoms with Gasteiger partial charge in [-0.25, -0.2) is 4.98 Å². The van der Waals surface area contributed by atoms with Crippen molar-refractivity contribution in [3.63, 3.8) is 0 Å². The van der Waals surface area contributed by atoms with Gasteiger partial charge in [-0.05, 0) is 42.2 Å². The van der Waals surface area contributed by atoms with Crippen molar-refractivity contribution in [1.82, 2.24) is 19.4 Å². The largest absolute Gasteiger partial charge is 0.497 e. The molecule has 5 rings (SSSR count). The molecular weight excluding hydrogens is 380 g/mol. The van der Waals surface area contributed by atoms with Crippen LogP contribution in [0.15, 0.2) is 53.6 Å². The number of amides is 1. The molecule has 2 aromatic heterocycles. The maximum absolute atomic E-state index is 13.1. The summed E-state index contributed by atoms with van der Waals surface area (Å²) in [5, 5.41) is 0. The number of ether oxygens (including phenoxy) is 1.